The second-order valence-corrected chi connectivity index (χ2v) is 4.15. The summed E-state index contributed by atoms with van der Waals surface area (Å²) in [6.45, 7) is 3.81. The van der Waals surface area contributed by atoms with Gasteiger partial charge in [-0.1, -0.05) is 25.5 Å². The molecule has 1 aromatic carbocycles. The number of anilines is 1. The first kappa shape index (κ1) is 11.6. The number of hydrogen-bond donors (Lipinski definition) is 2. The Morgan fingerprint density at radius 1 is 1.41 bits per heavy atom. The quantitative estimate of drug-likeness (QED) is 0.856. The summed E-state index contributed by atoms with van der Waals surface area (Å²) in [6.07, 6.45) is 1.75. The van der Waals surface area contributed by atoms with Crippen molar-refractivity contribution in [2.24, 2.45) is 0 Å². The SMILES string of the molecule is CCCc1c(N)n[nH]c1-c1cccc(C)c1F. The molecule has 3 nitrogen and oxygen atoms in total. The maximum absolute atomic E-state index is 14.0. The average molecular weight is 233 g/mol. The summed E-state index contributed by atoms with van der Waals surface area (Å²) in [5.41, 5.74) is 8.55. The molecule has 0 bridgehead atoms. The predicted molar refractivity (Wildman–Crippen MR) is 67.1 cm³/mol. The molecule has 4 heteroatoms. The van der Waals surface area contributed by atoms with Gasteiger partial charge in [-0.2, -0.15) is 5.10 Å². The van der Waals surface area contributed by atoms with Crippen molar-refractivity contribution in [2.75, 3.05) is 5.73 Å². The van der Waals surface area contributed by atoms with Crippen LogP contribution in [0.2, 0.25) is 0 Å². The third-order valence-electron chi connectivity index (χ3n) is 2.86. The fourth-order valence-corrected chi connectivity index (χ4v) is 1.95. The number of nitrogens with two attached hydrogens (primary N) is 1. The monoisotopic (exact) mass is 233 g/mol. The van der Waals surface area contributed by atoms with Crippen LogP contribution in [0.1, 0.15) is 24.5 Å². The second kappa shape index (κ2) is 4.57. The lowest BCUT2D eigenvalue weighted by Gasteiger charge is -2.06. The lowest BCUT2D eigenvalue weighted by atomic mass is 10.0. The molecule has 2 rings (SSSR count). The largest absolute Gasteiger partial charge is 0.382 e. The Hall–Kier alpha value is -1.84. The van der Waals surface area contributed by atoms with Crippen LogP contribution in [-0.4, -0.2) is 10.2 Å². The Kier molecular flexibility index (Phi) is 3.13. The molecule has 0 saturated carbocycles. The predicted octanol–water partition coefficient (Wildman–Crippen LogP) is 3.06. The molecule has 0 atom stereocenters. The third-order valence-corrected chi connectivity index (χ3v) is 2.86. The van der Waals surface area contributed by atoms with Crippen LogP contribution >= 0.6 is 0 Å². The minimum Gasteiger partial charge on any atom is -0.382 e. The van der Waals surface area contributed by atoms with Gasteiger partial charge in [-0.25, -0.2) is 4.39 Å². The van der Waals surface area contributed by atoms with E-state index < -0.39 is 0 Å². The highest BCUT2D eigenvalue weighted by Crippen LogP contribution is 2.29. The van der Waals surface area contributed by atoms with Gasteiger partial charge in [0.1, 0.15) is 11.6 Å². The molecule has 0 spiro atoms. The van der Waals surface area contributed by atoms with Crippen molar-refractivity contribution >= 4 is 5.82 Å². The zero-order valence-electron chi connectivity index (χ0n) is 10.0. The summed E-state index contributed by atoms with van der Waals surface area (Å²) < 4.78 is 14.0. The molecule has 1 aromatic heterocycles. The summed E-state index contributed by atoms with van der Waals surface area (Å²) >= 11 is 0. The van der Waals surface area contributed by atoms with E-state index in [9.17, 15) is 4.39 Å². The number of benzene rings is 1. The van der Waals surface area contributed by atoms with Crippen LogP contribution in [0, 0.1) is 12.7 Å². The van der Waals surface area contributed by atoms with Crippen LogP contribution in [0.4, 0.5) is 10.2 Å². The highest BCUT2D eigenvalue weighted by atomic mass is 19.1. The van der Waals surface area contributed by atoms with E-state index in [1.54, 1.807) is 19.1 Å². The van der Waals surface area contributed by atoms with E-state index in [0.717, 1.165) is 18.4 Å². The molecular formula is C13H16FN3. The Bertz CT molecular complexity index is 531. The van der Waals surface area contributed by atoms with Crippen molar-refractivity contribution < 1.29 is 4.39 Å². The first-order chi connectivity index (χ1) is 8.15. The zero-order valence-corrected chi connectivity index (χ0v) is 10.0. The van der Waals surface area contributed by atoms with Gasteiger partial charge in [0.2, 0.25) is 0 Å². The fraction of sp³-hybridized carbons (Fsp3) is 0.308. The molecule has 0 unspecified atom stereocenters. The zero-order chi connectivity index (χ0) is 12.4. The van der Waals surface area contributed by atoms with E-state index in [0.29, 0.717) is 22.6 Å². The molecular weight excluding hydrogens is 217 g/mol. The molecule has 1 heterocycles. The van der Waals surface area contributed by atoms with Crippen molar-refractivity contribution in [3.05, 3.63) is 35.1 Å². The molecule has 0 aliphatic heterocycles. The molecule has 0 saturated heterocycles. The summed E-state index contributed by atoms with van der Waals surface area (Å²) in [5, 5.41) is 6.80. The van der Waals surface area contributed by atoms with Gasteiger partial charge in [-0.15, -0.1) is 0 Å². The molecule has 90 valence electrons. The second-order valence-electron chi connectivity index (χ2n) is 4.15. The normalized spacial score (nSPS) is 10.8. The molecule has 17 heavy (non-hydrogen) atoms. The lowest BCUT2D eigenvalue weighted by molar-refractivity contribution is 0.621. The van der Waals surface area contributed by atoms with Crippen molar-refractivity contribution in [1.29, 1.82) is 0 Å². The Morgan fingerprint density at radius 2 is 2.18 bits per heavy atom. The van der Waals surface area contributed by atoms with E-state index in [-0.39, 0.29) is 5.82 Å². The van der Waals surface area contributed by atoms with Gasteiger partial charge in [-0.05, 0) is 25.0 Å². The van der Waals surface area contributed by atoms with E-state index in [2.05, 4.69) is 17.1 Å². The maximum Gasteiger partial charge on any atom is 0.149 e. The summed E-state index contributed by atoms with van der Waals surface area (Å²) in [5.74, 6) is 0.247. The molecule has 3 N–H and O–H groups in total. The third kappa shape index (κ3) is 2.02. The van der Waals surface area contributed by atoms with Crippen molar-refractivity contribution in [3.8, 4) is 11.3 Å². The van der Waals surface area contributed by atoms with Gasteiger partial charge in [-0.3, -0.25) is 5.10 Å². The molecule has 0 aliphatic rings. The van der Waals surface area contributed by atoms with E-state index in [1.807, 2.05) is 6.07 Å². The molecule has 0 fully saturated rings. The first-order valence-corrected chi connectivity index (χ1v) is 5.73. The molecule has 2 aromatic rings. The number of aromatic nitrogens is 2. The number of H-pyrrole nitrogens is 1. The number of nitrogen functional groups attached to an aromatic ring is 1. The van der Waals surface area contributed by atoms with Crippen LogP contribution in [0.5, 0.6) is 0 Å². The van der Waals surface area contributed by atoms with Crippen molar-refractivity contribution in [3.63, 3.8) is 0 Å². The summed E-state index contributed by atoms with van der Waals surface area (Å²) in [6, 6.07) is 5.33. The van der Waals surface area contributed by atoms with Crippen LogP contribution in [0.3, 0.4) is 0 Å². The van der Waals surface area contributed by atoms with Gasteiger partial charge >= 0.3 is 0 Å². The van der Waals surface area contributed by atoms with Crippen molar-refractivity contribution in [1.82, 2.24) is 10.2 Å². The van der Waals surface area contributed by atoms with Crippen molar-refractivity contribution in [2.45, 2.75) is 26.7 Å². The molecule has 0 aliphatic carbocycles. The highest BCUT2D eigenvalue weighted by Gasteiger charge is 2.15. The Morgan fingerprint density at radius 3 is 2.88 bits per heavy atom. The van der Waals surface area contributed by atoms with E-state index >= 15 is 0 Å². The average Bonchev–Trinajstić information content (AvgIpc) is 2.66. The van der Waals surface area contributed by atoms with Crippen LogP contribution in [-0.2, 0) is 6.42 Å². The minimum atomic E-state index is -0.214. The minimum absolute atomic E-state index is 0.214. The number of nitrogens with one attached hydrogen (secondary N) is 1. The fourth-order valence-electron chi connectivity index (χ4n) is 1.95. The summed E-state index contributed by atoms with van der Waals surface area (Å²) in [7, 11) is 0. The number of rotatable bonds is 3. The smallest absolute Gasteiger partial charge is 0.149 e. The van der Waals surface area contributed by atoms with Gasteiger partial charge in [0, 0.05) is 11.1 Å². The number of halogens is 1. The molecule has 0 amide bonds. The lowest BCUT2D eigenvalue weighted by Crippen LogP contribution is -1.95. The van der Waals surface area contributed by atoms with E-state index in [4.69, 9.17) is 5.73 Å². The van der Waals surface area contributed by atoms with Crippen LogP contribution in [0.15, 0.2) is 18.2 Å². The Labute approximate surface area is 99.9 Å². The number of aromatic amines is 1. The topological polar surface area (TPSA) is 54.7 Å². The van der Waals surface area contributed by atoms with E-state index in [1.165, 1.54) is 0 Å². The standard InChI is InChI=1S/C13H16FN3/c1-3-5-10-12(16-17-13(10)15)9-7-4-6-8(2)11(9)14/h4,6-7H,3,5H2,1-2H3,(H3,15,16,17). The number of hydrogen-bond acceptors (Lipinski definition) is 2. The molecule has 0 radical (unpaired) electrons. The first-order valence-electron chi connectivity index (χ1n) is 5.73. The number of nitrogens with zero attached hydrogens (tertiary/aromatic N) is 1. The number of aryl methyl sites for hydroxylation is 1. The van der Waals surface area contributed by atoms with Gasteiger partial charge in [0.05, 0.1) is 5.69 Å². The Balaban J connectivity index is 2.56. The van der Waals surface area contributed by atoms with Crippen LogP contribution < -0.4 is 5.73 Å². The summed E-state index contributed by atoms with van der Waals surface area (Å²) in [4.78, 5) is 0. The van der Waals surface area contributed by atoms with Crippen LogP contribution in [0.25, 0.3) is 11.3 Å². The maximum atomic E-state index is 14.0. The highest BCUT2D eigenvalue weighted by molar-refractivity contribution is 5.69. The van der Waals surface area contributed by atoms with Gasteiger partial charge in [0.15, 0.2) is 0 Å². The van der Waals surface area contributed by atoms with Gasteiger partial charge in [0.25, 0.3) is 0 Å². The van der Waals surface area contributed by atoms with Gasteiger partial charge < -0.3 is 5.73 Å².